The van der Waals surface area contributed by atoms with Crippen LogP contribution in [0.2, 0.25) is 0 Å². The van der Waals surface area contributed by atoms with E-state index in [4.69, 9.17) is 0 Å². The fraction of sp³-hybridized carbons (Fsp3) is 0.400. The molecule has 1 aliphatic heterocycles. The monoisotopic (exact) mass is 285 g/mol. The summed E-state index contributed by atoms with van der Waals surface area (Å²) in [6.07, 6.45) is 2.74. The third kappa shape index (κ3) is 3.46. The van der Waals surface area contributed by atoms with E-state index in [9.17, 15) is 4.79 Å². The van der Waals surface area contributed by atoms with Crippen molar-refractivity contribution in [1.29, 1.82) is 0 Å². The van der Waals surface area contributed by atoms with E-state index in [-0.39, 0.29) is 5.91 Å². The number of aryl methyl sites for hydroxylation is 1. The van der Waals surface area contributed by atoms with E-state index < -0.39 is 0 Å². The fourth-order valence-electron chi connectivity index (χ4n) is 2.57. The average Bonchev–Trinajstić information content (AvgIpc) is 3.10. The van der Waals surface area contributed by atoms with Crippen LogP contribution in [0.5, 0.6) is 0 Å². The zero-order valence-corrected chi connectivity index (χ0v) is 12.0. The third-order valence-electron chi connectivity index (χ3n) is 3.60. The Morgan fingerprint density at radius 3 is 3.10 bits per heavy atom. The number of nitrogens with one attached hydrogen (secondary N) is 3. The molecule has 1 aromatic carbocycles. The second kappa shape index (κ2) is 6.05. The van der Waals surface area contributed by atoms with Crippen molar-refractivity contribution in [3.8, 4) is 11.4 Å². The van der Waals surface area contributed by atoms with Crippen LogP contribution in [-0.2, 0) is 4.79 Å². The van der Waals surface area contributed by atoms with Crippen LogP contribution in [-0.4, -0.2) is 33.7 Å². The van der Waals surface area contributed by atoms with Gasteiger partial charge < -0.3 is 10.6 Å². The first-order chi connectivity index (χ1) is 10.2. The number of carbonyl (C=O) groups excluding carboxylic acids is 1. The number of rotatable bonds is 4. The van der Waals surface area contributed by atoms with Crippen molar-refractivity contribution in [2.24, 2.45) is 0 Å². The maximum Gasteiger partial charge on any atom is 0.225 e. The molecule has 1 amide bonds. The quantitative estimate of drug-likeness (QED) is 0.800. The molecule has 0 spiro atoms. The van der Waals surface area contributed by atoms with Gasteiger partial charge in [0.2, 0.25) is 5.91 Å². The first-order valence-electron chi connectivity index (χ1n) is 7.23. The van der Waals surface area contributed by atoms with Gasteiger partial charge in [0.1, 0.15) is 5.82 Å². The van der Waals surface area contributed by atoms with Gasteiger partial charge in [-0.05, 0) is 38.4 Å². The Morgan fingerprint density at radius 1 is 1.48 bits per heavy atom. The number of hydrogen-bond acceptors (Lipinski definition) is 4. The SMILES string of the molecule is Cc1nc(-c2cccc(NC(=O)CC3CCCN3)c2)n[nH]1. The summed E-state index contributed by atoms with van der Waals surface area (Å²) in [6, 6.07) is 7.90. The highest BCUT2D eigenvalue weighted by Gasteiger charge is 2.17. The largest absolute Gasteiger partial charge is 0.326 e. The van der Waals surface area contributed by atoms with Gasteiger partial charge in [0, 0.05) is 23.7 Å². The minimum Gasteiger partial charge on any atom is -0.326 e. The van der Waals surface area contributed by atoms with Crippen LogP contribution < -0.4 is 10.6 Å². The van der Waals surface area contributed by atoms with E-state index in [1.54, 1.807) is 0 Å². The molecule has 1 fully saturated rings. The number of benzene rings is 1. The second-order valence-corrected chi connectivity index (χ2v) is 5.37. The Hall–Kier alpha value is -2.21. The Kier molecular flexibility index (Phi) is 3.96. The first kappa shape index (κ1) is 13.8. The van der Waals surface area contributed by atoms with Crippen LogP contribution in [0.25, 0.3) is 11.4 Å². The molecule has 0 saturated carbocycles. The Balaban J connectivity index is 1.66. The Labute approximate surface area is 123 Å². The highest BCUT2D eigenvalue weighted by atomic mass is 16.1. The molecule has 2 aromatic rings. The molecule has 0 aliphatic carbocycles. The van der Waals surface area contributed by atoms with E-state index in [2.05, 4.69) is 25.8 Å². The summed E-state index contributed by atoms with van der Waals surface area (Å²) in [5, 5.41) is 13.2. The summed E-state index contributed by atoms with van der Waals surface area (Å²) in [5.41, 5.74) is 1.66. The lowest BCUT2D eigenvalue weighted by Crippen LogP contribution is -2.27. The molecule has 1 aromatic heterocycles. The molecule has 1 saturated heterocycles. The molecule has 21 heavy (non-hydrogen) atoms. The van der Waals surface area contributed by atoms with Crippen LogP contribution in [0.1, 0.15) is 25.1 Å². The number of anilines is 1. The van der Waals surface area contributed by atoms with Crippen molar-refractivity contribution >= 4 is 11.6 Å². The normalized spacial score (nSPS) is 17.9. The van der Waals surface area contributed by atoms with Gasteiger partial charge in [-0.1, -0.05) is 12.1 Å². The van der Waals surface area contributed by atoms with Crippen molar-refractivity contribution < 1.29 is 4.79 Å². The zero-order chi connectivity index (χ0) is 14.7. The fourth-order valence-corrected chi connectivity index (χ4v) is 2.57. The molecule has 0 bridgehead atoms. The number of aromatic amines is 1. The van der Waals surface area contributed by atoms with E-state index in [0.717, 1.165) is 36.5 Å². The number of carbonyl (C=O) groups is 1. The van der Waals surface area contributed by atoms with Crippen molar-refractivity contribution in [1.82, 2.24) is 20.5 Å². The molecule has 0 radical (unpaired) electrons. The first-order valence-corrected chi connectivity index (χ1v) is 7.23. The minimum atomic E-state index is 0.0396. The van der Waals surface area contributed by atoms with Crippen molar-refractivity contribution in [3.05, 3.63) is 30.1 Å². The van der Waals surface area contributed by atoms with Crippen LogP contribution in [0.4, 0.5) is 5.69 Å². The van der Waals surface area contributed by atoms with Crippen LogP contribution >= 0.6 is 0 Å². The van der Waals surface area contributed by atoms with E-state index in [0.29, 0.717) is 18.3 Å². The van der Waals surface area contributed by atoms with E-state index >= 15 is 0 Å². The van der Waals surface area contributed by atoms with Crippen molar-refractivity contribution in [2.45, 2.75) is 32.2 Å². The van der Waals surface area contributed by atoms with Crippen LogP contribution in [0.3, 0.4) is 0 Å². The van der Waals surface area contributed by atoms with Gasteiger partial charge in [0.05, 0.1) is 0 Å². The minimum absolute atomic E-state index is 0.0396. The Bertz CT molecular complexity index is 630. The number of H-pyrrole nitrogens is 1. The maximum absolute atomic E-state index is 12.0. The number of amides is 1. The molecule has 6 heteroatoms. The van der Waals surface area contributed by atoms with Crippen LogP contribution in [0.15, 0.2) is 24.3 Å². The zero-order valence-electron chi connectivity index (χ0n) is 12.0. The summed E-state index contributed by atoms with van der Waals surface area (Å²) < 4.78 is 0. The predicted molar refractivity (Wildman–Crippen MR) is 80.8 cm³/mol. The van der Waals surface area contributed by atoms with Gasteiger partial charge in [0.25, 0.3) is 0 Å². The predicted octanol–water partition coefficient (Wildman–Crippen LogP) is 1.86. The summed E-state index contributed by atoms with van der Waals surface area (Å²) in [4.78, 5) is 16.3. The summed E-state index contributed by atoms with van der Waals surface area (Å²) in [7, 11) is 0. The molecular formula is C15H19N5O. The molecule has 1 aliphatic rings. The van der Waals surface area contributed by atoms with Gasteiger partial charge in [-0.25, -0.2) is 4.98 Å². The molecule has 110 valence electrons. The van der Waals surface area contributed by atoms with Gasteiger partial charge in [0.15, 0.2) is 5.82 Å². The van der Waals surface area contributed by atoms with E-state index in [1.165, 1.54) is 0 Å². The van der Waals surface area contributed by atoms with Crippen molar-refractivity contribution in [3.63, 3.8) is 0 Å². The number of aromatic nitrogens is 3. The number of hydrogen-bond donors (Lipinski definition) is 3. The van der Waals surface area contributed by atoms with Gasteiger partial charge in [-0.2, -0.15) is 5.10 Å². The van der Waals surface area contributed by atoms with Crippen molar-refractivity contribution in [2.75, 3.05) is 11.9 Å². The molecule has 6 nitrogen and oxygen atoms in total. The number of nitrogens with zero attached hydrogens (tertiary/aromatic N) is 2. The third-order valence-corrected chi connectivity index (χ3v) is 3.60. The summed E-state index contributed by atoms with van der Waals surface area (Å²) in [6.45, 7) is 2.87. The summed E-state index contributed by atoms with van der Waals surface area (Å²) >= 11 is 0. The lowest BCUT2D eigenvalue weighted by Gasteiger charge is -2.10. The maximum atomic E-state index is 12.0. The standard InChI is InChI=1S/C15H19N5O/c1-10-17-15(20-19-10)11-4-2-5-13(8-11)18-14(21)9-12-6-3-7-16-12/h2,4-5,8,12,16H,3,6-7,9H2,1H3,(H,18,21)(H,17,19,20). The summed E-state index contributed by atoms with van der Waals surface area (Å²) in [5.74, 6) is 1.45. The topological polar surface area (TPSA) is 82.7 Å². The Morgan fingerprint density at radius 2 is 2.38 bits per heavy atom. The highest BCUT2D eigenvalue weighted by Crippen LogP contribution is 2.19. The second-order valence-electron chi connectivity index (χ2n) is 5.37. The highest BCUT2D eigenvalue weighted by molar-refractivity contribution is 5.91. The lowest BCUT2D eigenvalue weighted by molar-refractivity contribution is -0.116. The molecule has 2 heterocycles. The van der Waals surface area contributed by atoms with Gasteiger partial charge in [-0.3, -0.25) is 9.89 Å². The lowest BCUT2D eigenvalue weighted by atomic mass is 10.1. The van der Waals surface area contributed by atoms with Gasteiger partial charge in [-0.15, -0.1) is 0 Å². The van der Waals surface area contributed by atoms with Crippen LogP contribution in [0, 0.1) is 6.92 Å². The average molecular weight is 285 g/mol. The van der Waals surface area contributed by atoms with Gasteiger partial charge >= 0.3 is 0 Å². The molecular weight excluding hydrogens is 266 g/mol. The molecule has 1 unspecified atom stereocenters. The molecule has 3 N–H and O–H groups in total. The van der Waals surface area contributed by atoms with E-state index in [1.807, 2.05) is 31.2 Å². The molecule has 3 rings (SSSR count). The smallest absolute Gasteiger partial charge is 0.225 e. The molecule has 1 atom stereocenters.